The number of aryl methyl sites for hydroxylation is 1. The third-order valence-corrected chi connectivity index (χ3v) is 4.58. The minimum absolute atomic E-state index is 0.0314. The van der Waals surface area contributed by atoms with Crippen molar-refractivity contribution < 1.29 is 9.18 Å². The Bertz CT molecular complexity index is 940. The quantitative estimate of drug-likeness (QED) is 0.544. The van der Waals surface area contributed by atoms with Crippen LogP contribution in [0, 0.1) is 12.7 Å². The summed E-state index contributed by atoms with van der Waals surface area (Å²) in [6, 6.07) is 4.34. The second kappa shape index (κ2) is 7.71. The van der Waals surface area contributed by atoms with Gasteiger partial charge in [-0.2, -0.15) is 0 Å². The Labute approximate surface area is 152 Å². The molecule has 1 amide bonds. The number of hydrogen-bond donors (Lipinski definition) is 1. The summed E-state index contributed by atoms with van der Waals surface area (Å²) in [6.45, 7) is 2.05. The van der Waals surface area contributed by atoms with Crippen molar-refractivity contribution in [2.45, 2.75) is 18.5 Å². The lowest BCUT2D eigenvalue weighted by Crippen LogP contribution is -2.24. The summed E-state index contributed by atoms with van der Waals surface area (Å²) in [5, 5.41) is 4.14. The lowest BCUT2D eigenvalue weighted by molar-refractivity contribution is -0.118. The molecule has 0 aliphatic heterocycles. The first kappa shape index (κ1) is 17.5. The molecule has 128 valence electrons. The molecular formula is C16H13ClFN5OS. The van der Waals surface area contributed by atoms with E-state index in [0.717, 1.165) is 5.56 Å². The van der Waals surface area contributed by atoms with Crippen LogP contribution in [-0.2, 0) is 11.3 Å². The van der Waals surface area contributed by atoms with Gasteiger partial charge in [0.2, 0.25) is 5.91 Å². The van der Waals surface area contributed by atoms with Crippen LogP contribution in [0.5, 0.6) is 0 Å². The topological polar surface area (TPSA) is 80.7 Å². The first-order chi connectivity index (χ1) is 12.0. The zero-order valence-corrected chi connectivity index (χ0v) is 14.7. The van der Waals surface area contributed by atoms with Gasteiger partial charge in [0.25, 0.3) is 0 Å². The van der Waals surface area contributed by atoms with Crippen molar-refractivity contribution in [2.75, 3.05) is 5.75 Å². The third kappa shape index (κ3) is 4.40. The van der Waals surface area contributed by atoms with E-state index in [0.29, 0.717) is 21.9 Å². The Morgan fingerprint density at radius 3 is 2.96 bits per heavy atom. The molecule has 0 aliphatic carbocycles. The number of thioether (sulfide) groups is 1. The number of hydrogen-bond acceptors (Lipinski definition) is 6. The van der Waals surface area contributed by atoms with Crippen LogP contribution in [0.2, 0.25) is 5.02 Å². The molecule has 1 aromatic carbocycles. The van der Waals surface area contributed by atoms with Crippen molar-refractivity contribution in [2.24, 2.45) is 0 Å². The average molecular weight is 378 g/mol. The van der Waals surface area contributed by atoms with Crippen LogP contribution >= 0.6 is 23.4 Å². The largest absolute Gasteiger partial charge is 0.351 e. The molecule has 1 N–H and O–H groups in total. The van der Waals surface area contributed by atoms with Gasteiger partial charge in [-0.3, -0.25) is 4.79 Å². The first-order valence-electron chi connectivity index (χ1n) is 7.30. The maximum atomic E-state index is 13.1. The highest BCUT2D eigenvalue weighted by Crippen LogP contribution is 2.22. The van der Waals surface area contributed by atoms with Crippen molar-refractivity contribution in [3.8, 4) is 0 Å². The van der Waals surface area contributed by atoms with Gasteiger partial charge in [0.15, 0.2) is 5.65 Å². The summed E-state index contributed by atoms with van der Waals surface area (Å²) < 4.78 is 13.1. The molecule has 0 saturated carbocycles. The summed E-state index contributed by atoms with van der Waals surface area (Å²) in [5.74, 6) is 0.137. The van der Waals surface area contributed by atoms with Gasteiger partial charge in [0, 0.05) is 12.7 Å². The summed E-state index contributed by atoms with van der Waals surface area (Å²) in [6.07, 6.45) is 3.06. The maximum absolute atomic E-state index is 13.1. The van der Waals surface area contributed by atoms with Crippen LogP contribution < -0.4 is 5.32 Å². The van der Waals surface area contributed by atoms with E-state index in [-0.39, 0.29) is 23.2 Å². The summed E-state index contributed by atoms with van der Waals surface area (Å²) >= 11 is 6.99. The Balaban J connectivity index is 1.60. The molecule has 0 fully saturated rings. The Morgan fingerprint density at radius 1 is 1.32 bits per heavy atom. The molecule has 0 unspecified atom stereocenters. The van der Waals surface area contributed by atoms with Gasteiger partial charge in [-0.05, 0) is 24.6 Å². The van der Waals surface area contributed by atoms with Crippen LogP contribution in [0.25, 0.3) is 11.0 Å². The van der Waals surface area contributed by atoms with Crippen molar-refractivity contribution in [1.29, 1.82) is 0 Å². The van der Waals surface area contributed by atoms with Crippen LogP contribution in [0.1, 0.15) is 11.4 Å². The smallest absolute Gasteiger partial charge is 0.230 e. The number of aromatic nitrogens is 4. The molecule has 0 bridgehead atoms. The Hall–Kier alpha value is -2.32. The number of rotatable bonds is 5. The zero-order chi connectivity index (χ0) is 17.8. The fourth-order valence-corrected chi connectivity index (χ4v) is 3.06. The van der Waals surface area contributed by atoms with E-state index in [9.17, 15) is 9.18 Å². The number of fused-ring (bicyclic) bond motifs is 1. The maximum Gasteiger partial charge on any atom is 0.230 e. The number of nitrogens with zero attached hydrogens (tertiary/aromatic N) is 4. The van der Waals surface area contributed by atoms with Gasteiger partial charge in [0.1, 0.15) is 23.0 Å². The fraction of sp³-hybridized carbons (Fsp3) is 0.188. The summed E-state index contributed by atoms with van der Waals surface area (Å²) in [4.78, 5) is 28.7. The van der Waals surface area contributed by atoms with E-state index in [4.69, 9.17) is 11.6 Å². The van der Waals surface area contributed by atoms with E-state index in [2.05, 4.69) is 25.3 Å². The summed E-state index contributed by atoms with van der Waals surface area (Å²) in [5.41, 5.74) is 1.27. The van der Waals surface area contributed by atoms with E-state index in [1.165, 1.54) is 30.2 Å². The first-order valence-corrected chi connectivity index (χ1v) is 8.67. The number of carbonyl (C=O) groups excluding carboxylic acids is 1. The highest BCUT2D eigenvalue weighted by molar-refractivity contribution is 8.00. The predicted octanol–water partition coefficient (Wildman–Crippen LogP) is 2.93. The van der Waals surface area contributed by atoms with Crippen molar-refractivity contribution in [3.63, 3.8) is 0 Å². The van der Waals surface area contributed by atoms with E-state index in [1.807, 2.05) is 0 Å². The average Bonchev–Trinajstić information content (AvgIpc) is 2.60. The molecule has 0 radical (unpaired) electrons. The van der Waals surface area contributed by atoms with Crippen LogP contribution in [0.3, 0.4) is 0 Å². The highest BCUT2D eigenvalue weighted by Gasteiger charge is 2.10. The lowest BCUT2D eigenvalue weighted by atomic mass is 10.2. The van der Waals surface area contributed by atoms with Gasteiger partial charge in [-0.1, -0.05) is 29.4 Å². The van der Waals surface area contributed by atoms with Crippen molar-refractivity contribution in [3.05, 3.63) is 53.0 Å². The Morgan fingerprint density at radius 2 is 2.16 bits per heavy atom. The van der Waals surface area contributed by atoms with Crippen molar-refractivity contribution >= 4 is 40.3 Å². The van der Waals surface area contributed by atoms with Crippen LogP contribution in [0.4, 0.5) is 4.39 Å². The number of amides is 1. The van der Waals surface area contributed by atoms with Gasteiger partial charge in [-0.15, -0.1) is 0 Å². The molecule has 2 aromatic heterocycles. The van der Waals surface area contributed by atoms with E-state index in [1.54, 1.807) is 19.2 Å². The highest BCUT2D eigenvalue weighted by atomic mass is 35.5. The van der Waals surface area contributed by atoms with Gasteiger partial charge in [0.05, 0.1) is 16.2 Å². The zero-order valence-electron chi connectivity index (χ0n) is 13.2. The van der Waals surface area contributed by atoms with Gasteiger partial charge >= 0.3 is 0 Å². The standard InChI is InChI=1S/C16H13ClFN5OS/c1-9-19-6-11-15(23-9)21-8-22-16(11)25-7-14(24)20-5-10-2-3-13(18)12(17)4-10/h2-4,6,8H,5,7H2,1H3,(H,20,24). The molecule has 25 heavy (non-hydrogen) atoms. The number of nitrogens with one attached hydrogen (secondary N) is 1. The number of halogens is 2. The molecule has 9 heteroatoms. The van der Waals surface area contributed by atoms with Crippen LogP contribution in [-0.4, -0.2) is 31.6 Å². The predicted molar refractivity (Wildman–Crippen MR) is 93.8 cm³/mol. The van der Waals surface area contributed by atoms with Crippen LogP contribution in [0.15, 0.2) is 35.7 Å². The molecule has 3 rings (SSSR count). The molecule has 2 heterocycles. The molecule has 0 saturated heterocycles. The molecular weight excluding hydrogens is 365 g/mol. The van der Waals surface area contributed by atoms with E-state index < -0.39 is 5.82 Å². The second-order valence-corrected chi connectivity index (χ2v) is 6.52. The molecule has 0 atom stereocenters. The third-order valence-electron chi connectivity index (χ3n) is 3.29. The van der Waals surface area contributed by atoms with Crippen molar-refractivity contribution in [1.82, 2.24) is 25.3 Å². The van der Waals surface area contributed by atoms with E-state index >= 15 is 0 Å². The Kier molecular flexibility index (Phi) is 5.40. The number of carbonyl (C=O) groups is 1. The normalized spacial score (nSPS) is 10.8. The molecule has 6 nitrogen and oxygen atoms in total. The minimum Gasteiger partial charge on any atom is -0.351 e. The lowest BCUT2D eigenvalue weighted by Gasteiger charge is -2.07. The number of benzene rings is 1. The minimum atomic E-state index is -0.486. The molecule has 0 spiro atoms. The fourth-order valence-electron chi connectivity index (χ4n) is 2.06. The van der Waals surface area contributed by atoms with Gasteiger partial charge in [-0.25, -0.2) is 24.3 Å². The summed E-state index contributed by atoms with van der Waals surface area (Å²) in [7, 11) is 0. The SMILES string of the molecule is Cc1ncc2c(SCC(=O)NCc3ccc(F)c(Cl)c3)ncnc2n1. The second-order valence-electron chi connectivity index (χ2n) is 5.15. The van der Waals surface area contributed by atoms with Gasteiger partial charge < -0.3 is 5.32 Å². The molecule has 3 aromatic rings. The molecule has 0 aliphatic rings. The monoisotopic (exact) mass is 377 g/mol.